The summed E-state index contributed by atoms with van der Waals surface area (Å²) in [5.74, 6) is -0.468. The Labute approximate surface area is 189 Å². The van der Waals surface area contributed by atoms with Gasteiger partial charge in [-0.25, -0.2) is 9.78 Å². The molecule has 0 fully saturated rings. The van der Waals surface area contributed by atoms with Crippen LogP contribution >= 0.6 is 0 Å². The molecule has 3 rings (SSSR count). The highest BCUT2D eigenvalue weighted by Crippen LogP contribution is 2.36. The van der Waals surface area contributed by atoms with Crippen LogP contribution in [0.2, 0.25) is 5.04 Å². The van der Waals surface area contributed by atoms with Crippen molar-refractivity contribution in [3.8, 4) is 0 Å². The molecular formula is C25H29NO5Si. The number of carbonyl (C=O) groups excluding carboxylic acids is 2. The third-order valence-electron chi connectivity index (χ3n) is 5.41. The molecule has 0 N–H and O–H groups in total. The molecule has 0 saturated heterocycles. The smallest absolute Gasteiger partial charge is 0.360 e. The van der Waals surface area contributed by atoms with Crippen molar-refractivity contribution in [1.82, 2.24) is 4.98 Å². The molecule has 0 spiro atoms. The molecule has 2 aromatic carbocycles. The Bertz CT molecular complexity index is 1000. The van der Waals surface area contributed by atoms with Crippen LogP contribution in [0.4, 0.5) is 0 Å². The maximum absolute atomic E-state index is 12.6. The molecule has 0 atom stereocenters. The van der Waals surface area contributed by atoms with E-state index in [2.05, 4.69) is 54.8 Å². The third-order valence-corrected chi connectivity index (χ3v) is 10.5. The molecule has 0 radical (unpaired) electrons. The Morgan fingerprint density at radius 2 is 1.53 bits per heavy atom. The number of esters is 1. The monoisotopic (exact) mass is 451 g/mol. The zero-order chi connectivity index (χ0) is 23.2. The summed E-state index contributed by atoms with van der Waals surface area (Å²) in [6, 6.07) is 20.6. The van der Waals surface area contributed by atoms with Gasteiger partial charge in [-0.15, -0.1) is 0 Å². The van der Waals surface area contributed by atoms with Crippen LogP contribution in [0.3, 0.4) is 0 Å². The summed E-state index contributed by atoms with van der Waals surface area (Å²) in [5, 5.41) is 2.18. The summed E-state index contributed by atoms with van der Waals surface area (Å²) in [4.78, 5) is 28.1. The minimum Gasteiger partial charge on any atom is -0.464 e. The minimum absolute atomic E-state index is 0.00109. The fraction of sp³-hybridized carbons (Fsp3) is 0.320. The van der Waals surface area contributed by atoms with Gasteiger partial charge in [0.15, 0.2) is 5.69 Å². The Balaban J connectivity index is 1.78. The molecule has 1 aromatic heterocycles. The summed E-state index contributed by atoms with van der Waals surface area (Å²) in [7, 11) is -1.41. The predicted molar refractivity (Wildman–Crippen MR) is 125 cm³/mol. The highest BCUT2D eigenvalue weighted by atomic mass is 28.4. The van der Waals surface area contributed by atoms with Crippen LogP contribution in [0.1, 0.15) is 43.6 Å². The van der Waals surface area contributed by atoms with Crippen LogP contribution in [-0.4, -0.2) is 38.8 Å². The van der Waals surface area contributed by atoms with Gasteiger partial charge in [0.05, 0.1) is 13.5 Å². The molecule has 0 aliphatic rings. The van der Waals surface area contributed by atoms with Crippen LogP contribution in [0.5, 0.6) is 0 Å². The summed E-state index contributed by atoms with van der Waals surface area (Å²) < 4.78 is 16.6. The molecule has 3 aromatic rings. The molecule has 1 heterocycles. The van der Waals surface area contributed by atoms with Gasteiger partial charge in [-0.1, -0.05) is 81.4 Å². The zero-order valence-corrected chi connectivity index (χ0v) is 20.0. The van der Waals surface area contributed by atoms with Crippen molar-refractivity contribution < 1.29 is 23.2 Å². The van der Waals surface area contributed by atoms with Crippen molar-refractivity contribution in [2.45, 2.75) is 38.7 Å². The van der Waals surface area contributed by atoms with Crippen LogP contribution in [0, 0.1) is 0 Å². The zero-order valence-electron chi connectivity index (χ0n) is 19.0. The van der Waals surface area contributed by atoms with E-state index in [-0.39, 0.29) is 41.9 Å². The van der Waals surface area contributed by atoms with Crippen LogP contribution < -0.4 is 10.4 Å². The number of oxazole rings is 1. The van der Waals surface area contributed by atoms with E-state index >= 15 is 0 Å². The number of rotatable bonds is 9. The Hall–Kier alpha value is -3.03. The van der Waals surface area contributed by atoms with Gasteiger partial charge in [-0.05, 0) is 15.4 Å². The van der Waals surface area contributed by atoms with Crippen molar-refractivity contribution in [2.24, 2.45) is 0 Å². The van der Waals surface area contributed by atoms with E-state index < -0.39 is 14.3 Å². The molecule has 0 saturated carbocycles. The van der Waals surface area contributed by atoms with Gasteiger partial charge >= 0.3 is 5.97 Å². The Kier molecular flexibility index (Phi) is 7.43. The van der Waals surface area contributed by atoms with Crippen molar-refractivity contribution in [2.75, 3.05) is 13.7 Å². The van der Waals surface area contributed by atoms with Crippen LogP contribution in [0.15, 0.2) is 71.3 Å². The molecule has 0 aliphatic heterocycles. The van der Waals surface area contributed by atoms with Crippen LogP contribution in [-0.2, 0) is 20.4 Å². The second-order valence-corrected chi connectivity index (χ2v) is 12.9. The van der Waals surface area contributed by atoms with Gasteiger partial charge in [0.1, 0.15) is 12.0 Å². The van der Waals surface area contributed by atoms with E-state index in [4.69, 9.17) is 8.84 Å². The molecule has 0 bridgehead atoms. The summed E-state index contributed by atoms with van der Waals surface area (Å²) in [6.07, 6.45) is 1.43. The predicted octanol–water partition coefficient (Wildman–Crippen LogP) is 3.54. The van der Waals surface area contributed by atoms with E-state index in [1.165, 1.54) is 23.7 Å². The third kappa shape index (κ3) is 5.06. The lowest BCUT2D eigenvalue weighted by atomic mass is 10.2. The van der Waals surface area contributed by atoms with Crippen molar-refractivity contribution in [3.05, 3.63) is 78.5 Å². The number of hydrogen-bond donors (Lipinski definition) is 0. The van der Waals surface area contributed by atoms with E-state index in [1.54, 1.807) is 0 Å². The SMILES string of the molecule is COC(=O)c1coc(CC(=O)CCO[Si](c2ccccc2)(c2ccccc2)C(C)(C)C)n1. The number of Topliss-reactive ketones (excluding diaryl/α,β-unsaturated/α-hetero) is 1. The van der Waals surface area contributed by atoms with Crippen molar-refractivity contribution in [3.63, 3.8) is 0 Å². The second kappa shape index (κ2) is 10.1. The first-order valence-corrected chi connectivity index (χ1v) is 12.5. The number of ether oxygens (including phenoxy) is 1. The lowest BCUT2D eigenvalue weighted by Gasteiger charge is -2.43. The van der Waals surface area contributed by atoms with Crippen LogP contribution in [0.25, 0.3) is 0 Å². The topological polar surface area (TPSA) is 78.6 Å². The average Bonchev–Trinajstić information content (AvgIpc) is 3.25. The van der Waals surface area contributed by atoms with Crippen molar-refractivity contribution >= 4 is 30.4 Å². The average molecular weight is 452 g/mol. The fourth-order valence-electron chi connectivity index (χ4n) is 3.93. The number of hydrogen-bond acceptors (Lipinski definition) is 6. The highest BCUT2D eigenvalue weighted by Gasteiger charge is 2.50. The maximum atomic E-state index is 12.6. The van der Waals surface area contributed by atoms with Gasteiger partial charge < -0.3 is 13.6 Å². The number of ketones is 1. The molecule has 7 heteroatoms. The number of benzene rings is 2. The first kappa shape index (κ1) is 23.6. The van der Waals surface area contributed by atoms with Gasteiger partial charge in [0, 0.05) is 13.0 Å². The normalized spacial score (nSPS) is 11.9. The van der Waals surface area contributed by atoms with Gasteiger partial charge in [-0.2, -0.15) is 0 Å². The minimum atomic E-state index is -2.68. The molecule has 32 heavy (non-hydrogen) atoms. The molecule has 6 nitrogen and oxygen atoms in total. The maximum Gasteiger partial charge on any atom is 0.360 e. The number of aromatic nitrogens is 1. The molecule has 0 amide bonds. The number of methoxy groups -OCH3 is 1. The van der Waals surface area contributed by atoms with E-state index in [0.717, 1.165) is 0 Å². The highest BCUT2D eigenvalue weighted by molar-refractivity contribution is 6.99. The first-order valence-electron chi connectivity index (χ1n) is 10.6. The van der Waals surface area contributed by atoms with Gasteiger partial charge in [0.2, 0.25) is 5.89 Å². The summed E-state index contributed by atoms with van der Waals surface area (Å²) in [5.41, 5.74) is 0.0545. The van der Waals surface area contributed by atoms with E-state index in [1.807, 2.05) is 36.4 Å². The molecule has 0 unspecified atom stereocenters. The molecular weight excluding hydrogens is 422 g/mol. The molecule has 0 aliphatic carbocycles. The van der Waals surface area contributed by atoms with E-state index in [9.17, 15) is 9.59 Å². The Morgan fingerprint density at radius 3 is 2.03 bits per heavy atom. The Morgan fingerprint density at radius 1 is 0.969 bits per heavy atom. The summed E-state index contributed by atoms with van der Waals surface area (Å²) in [6.45, 7) is 6.88. The van der Waals surface area contributed by atoms with Gasteiger partial charge in [0.25, 0.3) is 8.32 Å². The van der Waals surface area contributed by atoms with E-state index in [0.29, 0.717) is 0 Å². The lowest BCUT2D eigenvalue weighted by Crippen LogP contribution is -2.66. The number of carbonyl (C=O) groups is 2. The van der Waals surface area contributed by atoms with Crippen molar-refractivity contribution in [1.29, 1.82) is 0 Å². The lowest BCUT2D eigenvalue weighted by molar-refractivity contribution is -0.119. The van der Waals surface area contributed by atoms with Gasteiger partial charge in [-0.3, -0.25) is 4.79 Å². The largest absolute Gasteiger partial charge is 0.464 e. The molecule has 168 valence electrons. The number of nitrogens with zero attached hydrogens (tertiary/aromatic N) is 1. The first-order chi connectivity index (χ1) is 15.3. The summed E-state index contributed by atoms with van der Waals surface area (Å²) >= 11 is 0. The standard InChI is InChI=1S/C25H29NO5Si/c1-25(2,3)32(20-11-7-5-8-12-20,21-13-9-6-10-14-21)31-16-15-19(27)17-23-26-22(18-30-23)24(28)29-4/h5-14,18H,15-17H2,1-4H3. The quantitative estimate of drug-likeness (QED) is 0.366. The second-order valence-electron chi connectivity index (χ2n) is 8.60. The fourth-order valence-corrected chi connectivity index (χ4v) is 8.49.